The van der Waals surface area contributed by atoms with Gasteiger partial charge in [-0.2, -0.15) is 0 Å². The van der Waals surface area contributed by atoms with Gasteiger partial charge in [-0.15, -0.1) is 12.4 Å². The van der Waals surface area contributed by atoms with E-state index in [1.807, 2.05) is 0 Å². The minimum absolute atomic E-state index is 0. The lowest BCUT2D eigenvalue weighted by Gasteiger charge is -2.10. The summed E-state index contributed by atoms with van der Waals surface area (Å²) < 4.78 is 15.7. The highest BCUT2D eigenvalue weighted by molar-refractivity contribution is 6.04. The number of rotatable bonds is 6. The average Bonchev–Trinajstić information content (AvgIpc) is 3.18. The van der Waals surface area contributed by atoms with Crippen molar-refractivity contribution in [3.8, 4) is 22.8 Å². The molecule has 2 aromatic carbocycles. The summed E-state index contributed by atoms with van der Waals surface area (Å²) in [6.07, 6.45) is 0. The first-order valence-corrected chi connectivity index (χ1v) is 8.20. The maximum Gasteiger partial charge on any atom is 0.277 e. The van der Waals surface area contributed by atoms with E-state index in [-0.39, 0.29) is 24.1 Å². The molecular formula is C19H20ClN5O4. The number of guanidine groups is 1. The van der Waals surface area contributed by atoms with Crippen LogP contribution in [-0.4, -0.2) is 31.2 Å². The summed E-state index contributed by atoms with van der Waals surface area (Å²) in [5.74, 6) is 1.03. The quantitative estimate of drug-likeness (QED) is 0.414. The van der Waals surface area contributed by atoms with Gasteiger partial charge < -0.3 is 30.8 Å². The number of halogens is 1. The number of anilines is 1. The Bertz CT molecular complexity index is 1010. The molecule has 0 bridgehead atoms. The van der Waals surface area contributed by atoms with Gasteiger partial charge in [0.25, 0.3) is 5.91 Å². The van der Waals surface area contributed by atoms with Crippen LogP contribution >= 0.6 is 12.4 Å². The summed E-state index contributed by atoms with van der Waals surface area (Å²) in [6, 6.07) is 13.6. The van der Waals surface area contributed by atoms with Crippen LogP contribution in [0.3, 0.4) is 0 Å². The molecule has 0 unspecified atom stereocenters. The molecule has 0 atom stereocenters. The zero-order chi connectivity index (χ0) is 20.1. The van der Waals surface area contributed by atoms with E-state index in [0.717, 1.165) is 5.56 Å². The Hall–Kier alpha value is -3.72. The lowest BCUT2D eigenvalue weighted by Crippen LogP contribution is -2.21. The van der Waals surface area contributed by atoms with Crippen molar-refractivity contribution in [2.45, 2.75) is 0 Å². The van der Waals surface area contributed by atoms with Crippen molar-refractivity contribution in [2.75, 3.05) is 19.5 Å². The Morgan fingerprint density at radius 3 is 2.41 bits per heavy atom. The van der Waals surface area contributed by atoms with Crippen molar-refractivity contribution in [3.63, 3.8) is 0 Å². The number of benzene rings is 2. The van der Waals surface area contributed by atoms with Crippen LogP contribution in [0.15, 0.2) is 58.0 Å². The molecule has 0 spiro atoms. The molecule has 152 valence electrons. The molecule has 3 rings (SSSR count). The van der Waals surface area contributed by atoms with Crippen LogP contribution in [0.2, 0.25) is 0 Å². The second-order valence-corrected chi connectivity index (χ2v) is 5.68. The second kappa shape index (κ2) is 9.47. The molecule has 10 heteroatoms. The number of aliphatic imine (C=N–C) groups is 1. The molecule has 1 aromatic heterocycles. The van der Waals surface area contributed by atoms with Gasteiger partial charge >= 0.3 is 0 Å². The molecule has 29 heavy (non-hydrogen) atoms. The van der Waals surface area contributed by atoms with Crippen LogP contribution in [0.1, 0.15) is 10.5 Å². The van der Waals surface area contributed by atoms with Crippen LogP contribution in [0.5, 0.6) is 11.5 Å². The summed E-state index contributed by atoms with van der Waals surface area (Å²) in [4.78, 5) is 16.5. The van der Waals surface area contributed by atoms with Crippen LogP contribution in [-0.2, 0) is 0 Å². The van der Waals surface area contributed by atoms with Gasteiger partial charge in [0, 0.05) is 17.7 Å². The molecule has 0 saturated carbocycles. The van der Waals surface area contributed by atoms with Crippen molar-refractivity contribution in [2.24, 2.45) is 16.5 Å². The first-order valence-electron chi connectivity index (χ1n) is 8.20. The maximum atomic E-state index is 12.5. The number of hydrogen-bond acceptors (Lipinski definition) is 6. The molecule has 0 saturated heterocycles. The standard InChI is InChI=1S/C19H19N5O4.ClH/c1-26-13-7-8-16(27-2)14(9-13)23-18(25)15-10-17(28-24-15)11-3-5-12(6-4-11)22-19(20)21;/h3-10H,1-2H3,(H,23,25)(H4,20,21,22);1H. The van der Waals surface area contributed by atoms with Crippen molar-refractivity contribution in [3.05, 3.63) is 54.2 Å². The van der Waals surface area contributed by atoms with Gasteiger partial charge in [0.1, 0.15) is 11.5 Å². The van der Waals surface area contributed by atoms with E-state index < -0.39 is 5.91 Å². The summed E-state index contributed by atoms with van der Waals surface area (Å²) in [5.41, 5.74) is 12.6. The predicted octanol–water partition coefficient (Wildman–Crippen LogP) is 2.94. The van der Waals surface area contributed by atoms with Crippen molar-refractivity contribution < 1.29 is 18.8 Å². The molecule has 3 aromatic rings. The molecule has 0 aliphatic carbocycles. The molecule has 0 fully saturated rings. The van der Waals surface area contributed by atoms with Gasteiger partial charge in [-0.3, -0.25) is 4.79 Å². The molecule has 5 N–H and O–H groups in total. The minimum atomic E-state index is -0.446. The van der Waals surface area contributed by atoms with E-state index in [9.17, 15) is 4.79 Å². The Morgan fingerprint density at radius 1 is 1.07 bits per heavy atom. The summed E-state index contributed by atoms with van der Waals surface area (Å²) in [6.45, 7) is 0. The SMILES string of the molecule is COc1ccc(OC)c(NC(=O)c2cc(-c3ccc(N=C(N)N)cc3)on2)c1.Cl. The number of nitrogens with zero attached hydrogens (tertiary/aromatic N) is 2. The van der Waals surface area contributed by atoms with Gasteiger partial charge in [-0.05, 0) is 36.4 Å². The largest absolute Gasteiger partial charge is 0.497 e. The number of carbonyl (C=O) groups excluding carboxylic acids is 1. The summed E-state index contributed by atoms with van der Waals surface area (Å²) >= 11 is 0. The highest BCUT2D eigenvalue weighted by Crippen LogP contribution is 2.30. The van der Waals surface area contributed by atoms with E-state index in [1.165, 1.54) is 20.3 Å². The highest BCUT2D eigenvalue weighted by Gasteiger charge is 2.16. The van der Waals surface area contributed by atoms with E-state index in [0.29, 0.717) is 28.6 Å². The molecule has 1 amide bonds. The lowest BCUT2D eigenvalue weighted by molar-refractivity contribution is 0.101. The fourth-order valence-corrected chi connectivity index (χ4v) is 2.47. The number of hydrogen-bond donors (Lipinski definition) is 3. The second-order valence-electron chi connectivity index (χ2n) is 5.68. The van der Waals surface area contributed by atoms with Crippen LogP contribution in [0.4, 0.5) is 11.4 Å². The molecule has 0 aliphatic heterocycles. The van der Waals surface area contributed by atoms with Crippen molar-refractivity contribution in [1.29, 1.82) is 0 Å². The molecule has 1 heterocycles. The van der Waals surface area contributed by atoms with Crippen LogP contribution in [0.25, 0.3) is 11.3 Å². The third-order valence-corrected chi connectivity index (χ3v) is 3.81. The Labute approximate surface area is 173 Å². The smallest absolute Gasteiger partial charge is 0.277 e. The van der Waals surface area contributed by atoms with Crippen molar-refractivity contribution >= 4 is 35.6 Å². The first-order chi connectivity index (χ1) is 13.5. The number of amides is 1. The monoisotopic (exact) mass is 417 g/mol. The zero-order valence-electron chi connectivity index (χ0n) is 15.7. The number of nitrogens with one attached hydrogen (secondary N) is 1. The fourth-order valence-electron chi connectivity index (χ4n) is 2.47. The predicted molar refractivity (Wildman–Crippen MR) is 112 cm³/mol. The number of ether oxygens (including phenoxy) is 2. The normalized spacial score (nSPS) is 9.86. The zero-order valence-corrected chi connectivity index (χ0v) is 16.5. The minimum Gasteiger partial charge on any atom is -0.497 e. The third kappa shape index (κ3) is 5.17. The first kappa shape index (κ1) is 21.6. The molecule has 0 aliphatic rings. The number of carbonyl (C=O) groups is 1. The summed E-state index contributed by atoms with van der Waals surface area (Å²) in [5, 5.41) is 6.57. The van der Waals surface area contributed by atoms with Gasteiger partial charge in [-0.1, -0.05) is 5.16 Å². The van der Waals surface area contributed by atoms with Gasteiger partial charge in [-0.25, -0.2) is 4.99 Å². The van der Waals surface area contributed by atoms with Gasteiger partial charge in [0.15, 0.2) is 17.4 Å². The lowest BCUT2D eigenvalue weighted by atomic mass is 10.1. The maximum absolute atomic E-state index is 12.5. The fraction of sp³-hybridized carbons (Fsp3) is 0.105. The van der Waals surface area contributed by atoms with Gasteiger partial charge in [0.05, 0.1) is 25.6 Å². The van der Waals surface area contributed by atoms with E-state index in [2.05, 4.69) is 15.5 Å². The average molecular weight is 418 g/mol. The van der Waals surface area contributed by atoms with Gasteiger partial charge in [0.2, 0.25) is 0 Å². The van der Waals surface area contributed by atoms with Crippen molar-refractivity contribution in [1.82, 2.24) is 5.16 Å². The topological polar surface area (TPSA) is 138 Å². The Kier molecular flexibility index (Phi) is 7.05. The molecule has 9 nitrogen and oxygen atoms in total. The number of aromatic nitrogens is 1. The summed E-state index contributed by atoms with van der Waals surface area (Å²) in [7, 11) is 3.05. The van der Waals surface area contributed by atoms with Crippen LogP contribution < -0.4 is 26.3 Å². The third-order valence-electron chi connectivity index (χ3n) is 3.81. The molecule has 0 radical (unpaired) electrons. The van der Waals surface area contributed by atoms with E-state index in [1.54, 1.807) is 42.5 Å². The number of methoxy groups -OCH3 is 2. The van der Waals surface area contributed by atoms with E-state index >= 15 is 0 Å². The van der Waals surface area contributed by atoms with Crippen LogP contribution in [0, 0.1) is 0 Å². The Balaban J connectivity index is 0.00000300. The highest BCUT2D eigenvalue weighted by atomic mass is 35.5. The van der Waals surface area contributed by atoms with E-state index in [4.69, 9.17) is 25.5 Å². The molecular weight excluding hydrogens is 398 g/mol. The number of nitrogens with two attached hydrogens (primary N) is 2. The Morgan fingerprint density at radius 2 is 1.79 bits per heavy atom.